The van der Waals surface area contributed by atoms with Gasteiger partial charge in [0.05, 0.1) is 28.9 Å². The number of aromatic nitrogens is 2. The van der Waals surface area contributed by atoms with Crippen LogP contribution < -0.4 is 0 Å². The molecule has 0 bridgehead atoms. The first-order valence-electron chi connectivity index (χ1n) is 7.85. The molecule has 0 radical (unpaired) electrons. The minimum Gasteiger partial charge on any atom is -0.342 e. The second-order valence-electron chi connectivity index (χ2n) is 6.46. The Morgan fingerprint density at radius 1 is 1.11 bits per heavy atom. The number of amidine groups is 1. The lowest BCUT2D eigenvalue weighted by Crippen LogP contribution is -2.37. The van der Waals surface area contributed by atoms with Crippen molar-refractivity contribution in [2.75, 3.05) is 0 Å². The summed E-state index contributed by atoms with van der Waals surface area (Å²) in [5, 5.41) is 0. The maximum Gasteiger partial charge on any atom is 0.401 e. The molecule has 0 spiro atoms. The van der Waals surface area contributed by atoms with Crippen LogP contribution >= 0.6 is 24.8 Å². The number of para-hydroxylation sites is 2. The molecule has 0 fully saturated rings. The third kappa shape index (κ3) is 3.53. The monoisotopic (exact) mass is 416 g/mol. The Balaban J connectivity index is 0.00000131. The van der Waals surface area contributed by atoms with Crippen LogP contribution in [0.3, 0.4) is 0 Å². The van der Waals surface area contributed by atoms with Gasteiger partial charge in [-0.3, -0.25) is 0 Å². The lowest BCUT2D eigenvalue weighted by atomic mass is 9.77. The van der Waals surface area contributed by atoms with E-state index in [2.05, 4.69) is 20.0 Å². The molecule has 0 amide bonds. The number of hydrogen-bond acceptors (Lipinski definition) is 3. The first kappa shape index (κ1) is 21.2. The van der Waals surface area contributed by atoms with Gasteiger partial charge in [-0.05, 0) is 38.1 Å². The molecule has 1 aromatic carbocycles. The van der Waals surface area contributed by atoms with Crippen molar-refractivity contribution in [3.8, 4) is 0 Å². The van der Waals surface area contributed by atoms with Gasteiger partial charge in [-0.1, -0.05) is 17.7 Å². The van der Waals surface area contributed by atoms with E-state index in [0.717, 1.165) is 24.0 Å². The van der Waals surface area contributed by atoms with Crippen LogP contribution in [0, 0.1) is 5.41 Å². The fourth-order valence-electron chi connectivity index (χ4n) is 3.00. The average Bonchev–Trinajstić information content (AvgIpc) is 3.09. The fourth-order valence-corrected chi connectivity index (χ4v) is 3.00. The van der Waals surface area contributed by atoms with E-state index in [1.807, 2.05) is 24.3 Å². The van der Waals surface area contributed by atoms with Crippen LogP contribution in [0.15, 0.2) is 57.7 Å². The number of nitrogens with zero attached hydrogens (tertiary/aromatic N) is 3. The fraction of sp³-hybridized carbons (Fsp3) is 0.278. The third-order valence-corrected chi connectivity index (χ3v) is 4.71. The molecule has 0 saturated heterocycles. The Morgan fingerprint density at radius 2 is 1.81 bits per heavy atom. The summed E-state index contributed by atoms with van der Waals surface area (Å²) in [6.45, 7) is 2.63. The van der Waals surface area contributed by atoms with Gasteiger partial charge in [-0.2, -0.15) is 13.2 Å². The third-order valence-electron chi connectivity index (χ3n) is 4.71. The van der Waals surface area contributed by atoms with Crippen LogP contribution in [-0.4, -0.2) is 27.7 Å². The lowest BCUT2D eigenvalue weighted by molar-refractivity contribution is -0.187. The SMILES string of the molecule is CC1=CC2=NC(Cc3nc4ccccc4[nH]3)=NC2=CC1(C)C(F)(F)F.Cl.Cl. The molecule has 1 N–H and O–H groups in total. The number of hydrogen-bond donors (Lipinski definition) is 1. The molecule has 1 atom stereocenters. The first-order valence-corrected chi connectivity index (χ1v) is 7.85. The van der Waals surface area contributed by atoms with E-state index in [1.54, 1.807) is 0 Å². The quantitative estimate of drug-likeness (QED) is 0.716. The number of fused-ring (bicyclic) bond motifs is 2. The zero-order valence-corrected chi connectivity index (χ0v) is 16.1. The molecular formula is C18H17Cl2F3N4. The number of halogens is 5. The highest BCUT2D eigenvalue weighted by molar-refractivity contribution is 6.19. The van der Waals surface area contributed by atoms with E-state index in [1.165, 1.54) is 13.0 Å². The summed E-state index contributed by atoms with van der Waals surface area (Å²) in [6, 6.07) is 7.60. The summed E-state index contributed by atoms with van der Waals surface area (Å²) in [7, 11) is 0. The summed E-state index contributed by atoms with van der Waals surface area (Å²) >= 11 is 0. The molecule has 2 heterocycles. The van der Waals surface area contributed by atoms with Gasteiger partial charge in [0.1, 0.15) is 17.1 Å². The summed E-state index contributed by atoms with van der Waals surface area (Å²) in [6.07, 6.45) is -1.40. The molecule has 1 unspecified atom stereocenters. The topological polar surface area (TPSA) is 53.4 Å². The second-order valence-corrected chi connectivity index (χ2v) is 6.46. The molecule has 9 heteroatoms. The molecule has 4 nitrogen and oxygen atoms in total. The smallest absolute Gasteiger partial charge is 0.342 e. The number of imidazole rings is 1. The Kier molecular flexibility index (Phi) is 5.59. The Hall–Kier alpha value is -2.12. The van der Waals surface area contributed by atoms with E-state index < -0.39 is 11.6 Å². The minimum absolute atomic E-state index is 0. The minimum atomic E-state index is -4.37. The molecule has 1 aromatic heterocycles. The lowest BCUT2D eigenvalue weighted by Gasteiger charge is -2.32. The molecule has 27 heavy (non-hydrogen) atoms. The first-order chi connectivity index (χ1) is 11.8. The van der Waals surface area contributed by atoms with E-state index >= 15 is 0 Å². The van der Waals surface area contributed by atoms with Crippen molar-refractivity contribution in [1.29, 1.82) is 0 Å². The second kappa shape index (κ2) is 7.13. The molecule has 1 aliphatic heterocycles. The number of aliphatic imine (C=N–C) groups is 2. The van der Waals surface area contributed by atoms with Gasteiger partial charge < -0.3 is 4.98 Å². The number of benzene rings is 1. The molecule has 2 aromatic rings. The highest BCUT2D eigenvalue weighted by Crippen LogP contribution is 2.48. The number of aromatic amines is 1. The summed E-state index contributed by atoms with van der Waals surface area (Å²) < 4.78 is 40.2. The summed E-state index contributed by atoms with van der Waals surface area (Å²) in [4.78, 5) is 16.3. The summed E-state index contributed by atoms with van der Waals surface area (Å²) in [5.41, 5.74) is 0.686. The van der Waals surface area contributed by atoms with E-state index in [0.29, 0.717) is 23.8 Å². The number of nitrogens with one attached hydrogen (secondary N) is 1. The van der Waals surface area contributed by atoms with Gasteiger partial charge in [0.25, 0.3) is 0 Å². The predicted molar refractivity (Wildman–Crippen MR) is 105 cm³/mol. The molecule has 144 valence electrons. The van der Waals surface area contributed by atoms with Gasteiger partial charge >= 0.3 is 6.18 Å². The number of alkyl halides is 3. The van der Waals surface area contributed by atoms with E-state index in [9.17, 15) is 13.2 Å². The molecule has 4 rings (SSSR count). The highest BCUT2D eigenvalue weighted by Gasteiger charge is 2.52. The van der Waals surface area contributed by atoms with Crippen molar-refractivity contribution in [3.63, 3.8) is 0 Å². The van der Waals surface area contributed by atoms with Crippen LogP contribution in [0.25, 0.3) is 11.0 Å². The Labute approximate surface area is 166 Å². The van der Waals surface area contributed by atoms with E-state index in [4.69, 9.17) is 0 Å². The maximum absolute atomic E-state index is 13.4. The van der Waals surface area contributed by atoms with Crippen LogP contribution in [0.1, 0.15) is 19.7 Å². The average molecular weight is 417 g/mol. The van der Waals surface area contributed by atoms with Gasteiger partial charge in [0.15, 0.2) is 0 Å². The van der Waals surface area contributed by atoms with Crippen molar-refractivity contribution < 1.29 is 13.2 Å². The highest BCUT2D eigenvalue weighted by atomic mass is 35.5. The largest absolute Gasteiger partial charge is 0.401 e. The van der Waals surface area contributed by atoms with Crippen LogP contribution in [0.2, 0.25) is 0 Å². The van der Waals surface area contributed by atoms with Crippen molar-refractivity contribution in [2.24, 2.45) is 15.4 Å². The number of rotatable bonds is 2. The van der Waals surface area contributed by atoms with Gasteiger partial charge in [-0.15, -0.1) is 24.8 Å². The molecule has 1 aliphatic carbocycles. The number of allylic oxidation sites excluding steroid dienone is 3. The van der Waals surface area contributed by atoms with Crippen LogP contribution in [0.5, 0.6) is 0 Å². The van der Waals surface area contributed by atoms with E-state index in [-0.39, 0.29) is 36.1 Å². The standard InChI is InChI=1S/C18H15F3N4.2ClH/c1-10-7-13-14(9-17(10,2)18(19,20)21)25-16(24-13)8-15-22-11-5-3-4-6-12(11)23-15;;/h3-7,9H,8H2,1-2H3,(H,22,23);2*1H. The Morgan fingerprint density at radius 3 is 2.48 bits per heavy atom. The molecular weight excluding hydrogens is 400 g/mol. The van der Waals surface area contributed by atoms with Gasteiger partial charge in [-0.25, -0.2) is 15.0 Å². The van der Waals surface area contributed by atoms with Gasteiger partial charge in [0, 0.05) is 0 Å². The Bertz CT molecular complexity index is 968. The van der Waals surface area contributed by atoms with Gasteiger partial charge in [0.2, 0.25) is 0 Å². The van der Waals surface area contributed by atoms with Crippen molar-refractivity contribution in [2.45, 2.75) is 26.4 Å². The van der Waals surface area contributed by atoms with Crippen molar-refractivity contribution in [1.82, 2.24) is 9.97 Å². The van der Waals surface area contributed by atoms with Crippen LogP contribution in [0.4, 0.5) is 13.2 Å². The number of H-pyrrole nitrogens is 1. The summed E-state index contributed by atoms with van der Waals surface area (Å²) in [5.74, 6) is 1.14. The van der Waals surface area contributed by atoms with Crippen LogP contribution in [-0.2, 0) is 6.42 Å². The predicted octanol–water partition coefficient (Wildman–Crippen LogP) is 5.21. The maximum atomic E-state index is 13.4. The molecule has 2 aliphatic rings. The normalized spacial score (nSPS) is 21.4. The van der Waals surface area contributed by atoms with Crippen molar-refractivity contribution in [3.05, 3.63) is 53.5 Å². The zero-order chi connectivity index (χ0) is 17.8. The van der Waals surface area contributed by atoms with Crippen molar-refractivity contribution >= 4 is 47.4 Å². The molecule has 0 saturated carbocycles. The zero-order valence-electron chi connectivity index (χ0n) is 14.5.